The lowest BCUT2D eigenvalue weighted by Gasteiger charge is -2.19. The average Bonchev–Trinajstić information content (AvgIpc) is 3.44. The highest BCUT2D eigenvalue weighted by Crippen LogP contribution is 2.35. The standard InChI is InChI=1S/C26H27N3O3S/c1-3-32-24(30)16-21(18-10-5-4-6-11-18)28-26(31)27-17-20-19-12-7-8-13-22(19)29(2)25(20)23-14-9-15-33-23/h4-15,21H,3,16-17H2,1-2H3,(H2,27,28,31)/t21-/m1/s1. The molecule has 6 nitrogen and oxygen atoms in total. The Hall–Kier alpha value is -3.58. The van der Waals surface area contributed by atoms with E-state index < -0.39 is 6.04 Å². The van der Waals surface area contributed by atoms with E-state index in [0.29, 0.717) is 13.2 Å². The van der Waals surface area contributed by atoms with Crippen LogP contribution < -0.4 is 10.6 Å². The van der Waals surface area contributed by atoms with Crippen LogP contribution in [0.3, 0.4) is 0 Å². The first-order valence-corrected chi connectivity index (χ1v) is 11.8. The third kappa shape index (κ3) is 5.09. The molecule has 0 bridgehead atoms. The summed E-state index contributed by atoms with van der Waals surface area (Å²) in [7, 11) is 2.05. The number of para-hydroxylation sites is 1. The minimum Gasteiger partial charge on any atom is -0.466 e. The predicted molar refractivity (Wildman–Crippen MR) is 132 cm³/mol. The molecule has 0 unspecified atom stereocenters. The molecular formula is C26H27N3O3S. The summed E-state index contributed by atoms with van der Waals surface area (Å²) in [6.45, 7) is 2.44. The van der Waals surface area contributed by atoms with Crippen LogP contribution >= 0.6 is 11.3 Å². The summed E-state index contributed by atoms with van der Waals surface area (Å²) < 4.78 is 7.27. The van der Waals surface area contributed by atoms with E-state index in [-0.39, 0.29) is 18.4 Å². The minimum absolute atomic E-state index is 0.0694. The number of benzene rings is 2. The molecule has 0 aliphatic carbocycles. The fourth-order valence-electron chi connectivity index (χ4n) is 4.08. The molecule has 2 amide bonds. The Morgan fingerprint density at radius 1 is 1.03 bits per heavy atom. The summed E-state index contributed by atoms with van der Waals surface area (Å²) in [5.41, 5.74) is 4.12. The molecule has 0 saturated carbocycles. The van der Waals surface area contributed by atoms with Gasteiger partial charge in [0.15, 0.2) is 0 Å². The fraction of sp³-hybridized carbons (Fsp3) is 0.231. The molecule has 170 valence electrons. The highest BCUT2D eigenvalue weighted by Gasteiger charge is 2.21. The van der Waals surface area contributed by atoms with Crippen molar-refractivity contribution in [3.63, 3.8) is 0 Å². The first-order chi connectivity index (χ1) is 16.1. The molecule has 2 aromatic heterocycles. The number of carbonyl (C=O) groups is 2. The van der Waals surface area contributed by atoms with Gasteiger partial charge in [-0.25, -0.2) is 4.79 Å². The maximum Gasteiger partial charge on any atom is 0.315 e. The topological polar surface area (TPSA) is 72.4 Å². The summed E-state index contributed by atoms with van der Waals surface area (Å²) in [6.07, 6.45) is 0.0694. The number of esters is 1. The third-order valence-electron chi connectivity index (χ3n) is 5.58. The molecule has 2 N–H and O–H groups in total. The molecule has 4 aromatic rings. The van der Waals surface area contributed by atoms with E-state index in [1.54, 1.807) is 18.3 Å². The number of hydrogen-bond acceptors (Lipinski definition) is 4. The number of amides is 2. The third-order valence-corrected chi connectivity index (χ3v) is 6.45. The van der Waals surface area contributed by atoms with Crippen molar-refractivity contribution in [1.82, 2.24) is 15.2 Å². The van der Waals surface area contributed by atoms with Gasteiger partial charge in [-0.3, -0.25) is 4.79 Å². The van der Waals surface area contributed by atoms with Gasteiger partial charge < -0.3 is 19.9 Å². The van der Waals surface area contributed by atoms with Crippen molar-refractivity contribution in [2.24, 2.45) is 7.05 Å². The Balaban J connectivity index is 1.54. The van der Waals surface area contributed by atoms with E-state index >= 15 is 0 Å². The summed E-state index contributed by atoms with van der Waals surface area (Å²) in [5, 5.41) is 9.11. The van der Waals surface area contributed by atoms with E-state index in [2.05, 4.69) is 38.8 Å². The van der Waals surface area contributed by atoms with Gasteiger partial charge in [-0.15, -0.1) is 11.3 Å². The first kappa shape index (κ1) is 22.6. The number of aryl methyl sites for hydroxylation is 1. The predicted octanol–water partition coefficient (Wildman–Crippen LogP) is 5.40. The monoisotopic (exact) mass is 461 g/mol. The second kappa shape index (κ2) is 10.4. The number of urea groups is 1. The van der Waals surface area contributed by atoms with Crippen LogP contribution in [0.1, 0.15) is 30.5 Å². The van der Waals surface area contributed by atoms with Crippen molar-refractivity contribution < 1.29 is 14.3 Å². The summed E-state index contributed by atoms with van der Waals surface area (Å²) in [6, 6.07) is 21.0. The van der Waals surface area contributed by atoms with Gasteiger partial charge in [0.05, 0.1) is 29.6 Å². The molecular weight excluding hydrogens is 434 g/mol. The maximum absolute atomic E-state index is 12.9. The molecule has 2 heterocycles. The van der Waals surface area contributed by atoms with Gasteiger partial charge in [-0.2, -0.15) is 0 Å². The van der Waals surface area contributed by atoms with Crippen molar-refractivity contribution in [3.05, 3.63) is 83.2 Å². The van der Waals surface area contributed by atoms with Crippen LogP contribution in [0.5, 0.6) is 0 Å². The summed E-state index contributed by atoms with van der Waals surface area (Å²) in [5.74, 6) is -0.347. The Bertz CT molecular complexity index is 1230. The normalized spacial score (nSPS) is 11.8. The van der Waals surface area contributed by atoms with E-state index in [9.17, 15) is 9.59 Å². The van der Waals surface area contributed by atoms with Crippen LogP contribution in [-0.4, -0.2) is 23.2 Å². The second-order valence-electron chi connectivity index (χ2n) is 7.68. The maximum atomic E-state index is 12.9. The van der Waals surface area contributed by atoms with Gasteiger partial charge >= 0.3 is 12.0 Å². The number of fused-ring (bicyclic) bond motifs is 1. The lowest BCUT2D eigenvalue weighted by molar-refractivity contribution is -0.143. The summed E-state index contributed by atoms with van der Waals surface area (Å²) >= 11 is 1.67. The number of aromatic nitrogens is 1. The fourth-order valence-corrected chi connectivity index (χ4v) is 4.91. The molecule has 0 aliphatic rings. The van der Waals surface area contributed by atoms with E-state index in [1.807, 2.05) is 55.6 Å². The molecule has 0 radical (unpaired) electrons. The Kier molecular flexibility index (Phi) is 7.10. The zero-order valence-electron chi connectivity index (χ0n) is 18.7. The van der Waals surface area contributed by atoms with Gasteiger partial charge in [0, 0.05) is 30.1 Å². The molecule has 1 atom stereocenters. The van der Waals surface area contributed by atoms with Crippen molar-refractivity contribution in [1.29, 1.82) is 0 Å². The number of nitrogens with one attached hydrogen (secondary N) is 2. The zero-order chi connectivity index (χ0) is 23.2. The average molecular weight is 462 g/mol. The summed E-state index contributed by atoms with van der Waals surface area (Å²) in [4.78, 5) is 26.2. The number of carbonyl (C=O) groups excluding carboxylic acids is 2. The van der Waals surface area contributed by atoms with Crippen molar-refractivity contribution in [3.8, 4) is 10.6 Å². The van der Waals surface area contributed by atoms with E-state index in [1.165, 1.54) is 0 Å². The van der Waals surface area contributed by atoms with Crippen LogP contribution in [0, 0.1) is 0 Å². The smallest absolute Gasteiger partial charge is 0.315 e. The highest BCUT2D eigenvalue weighted by atomic mass is 32.1. The Morgan fingerprint density at radius 2 is 1.79 bits per heavy atom. The molecule has 33 heavy (non-hydrogen) atoms. The van der Waals surface area contributed by atoms with Gasteiger partial charge in [-0.1, -0.05) is 54.6 Å². The molecule has 2 aromatic carbocycles. The second-order valence-corrected chi connectivity index (χ2v) is 8.63. The van der Waals surface area contributed by atoms with Crippen LogP contribution in [0.15, 0.2) is 72.1 Å². The van der Waals surface area contributed by atoms with Crippen molar-refractivity contribution in [2.45, 2.75) is 25.9 Å². The molecule has 0 aliphatic heterocycles. The molecule has 0 spiro atoms. The minimum atomic E-state index is -0.477. The van der Waals surface area contributed by atoms with Gasteiger partial charge in [0.25, 0.3) is 0 Å². The molecule has 4 rings (SSSR count). The highest BCUT2D eigenvalue weighted by molar-refractivity contribution is 7.13. The number of nitrogens with zero attached hydrogens (tertiary/aromatic N) is 1. The molecule has 0 fully saturated rings. The molecule has 0 saturated heterocycles. The first-order valence-electron chi connectivity index (χ1n) is 10.9. The lowest BCUT2D eigenvalue weighted by Crippen LogP contribution is -2.38. The largest absolute Gasteiger partial charge is 0.466 e. The Labute approximate surface area is 197 Å². The number of ether oxygens (including phenoxy) is 1. The number of thiophene rings is 1. The van der Waals surface area contributed by atoms with Crippen molar-refractivity contribution >= 4 is 34.2 Å². The lowest BCUT2D eigenvalue weighted by atomic mass is 10.0. The quantitative estimate of drug-likeness (QED) is 0.345. The zero-order valence-corrected chi connectivity index (χ0v) is 19.5. The van der Waals surface area contributed by atoms with E-state index in [4.69, 9.17) is 4.74 Å². The van der Waals surface area contributed by atoms with Crippen LogP contribution in [0.4, 0.5) is 4.79 Å². The van der Waals surface area contributed by atoms with Crippen LogP contribution in [0.25, 0.3) is 21.5 Å². The Morgan fingerprint density at radius 3 is 2.52 bits per heavy atom. The number of rotatable bonds is 8. The van der Waals surface area contributed by atoms with Crippen LogP contribution in [0.2, 0.25) is 0 Å². The van der Waals surface area contributed by atoms with E-state index in [0.717, 1.165) is 32.6 Å². The van der Waals surface area contributed by atoms with Gasteiger partial charge in [-0.05, 0) is 30.0 Å². The SMILES string of the molecule is CCOC(=O)C[C@@H](NC(=O)NCc1c(-c2cccs2)n(C)c2ccccc12)c1ccccc1. The van der Waals surface area contributed by atoms with Gasteiger partial charge in [0.2, 0.25) is 0 Å². The van der Waals surface area contributed by atoms with Crippen molar-refractivity contribution in [2.75, 3.05) is 6.61 Å². The van der Waals surface area contributed by atoms with Crippen LogP contribution in [-0.2, 0) is 23.1 Å². The molecule has 7 heteroatoms. The number of hydrogen-bond donors (Lipinski definition) is 2. The van der Waals surface area contributed by atoms with Gasteiger partial charge in [0.1, 0.15) is 0 Å².